The number of nitro groups is 1. The minimum atomic E-state index is -0.434. The summed E-state index contributed by atoms with van der Waals surface area (Å²) in [5, 5.41) is 19.7. The average molecular weight is 292 g/mol. The van der Waals surface area contributed by atoms with Gasteiger partial charge in [-0.1, -0.05) is 11.8 Å². The van der Waals surface area contributed by atoms with Gasteiger partial charge in [-0.2, -0.15) is 5.26 Å². The van der Waals surface area contributed by atoms with Gasteiger partial charge in [-0.05, 0) is 6.07 Å². The summed E-state index contributed by atoms with van der Waals surface area (Å²) in [7, 11) is 0. The molecule has 2 aromatic rings. The van der Waals surface area contributed by atoms with Crippen LogP contribution in [0.25, 0.3) is 11.0 Å². The van der Waals surface area contributed by atoms with Gasteiger partial charge < -0.3 is 9.72 Å². The van der Waals surface area contributed by atoms with E-state index in [0.717, 1.165) is 0 Å². The predicted molar refractivity (Wildman–Crippen MR) is 74.5 cm³/mol. The van der Waals surface area contributed by atoms with Gasteiger partial charge in [0.05, 0.1) is 41.7 Å². The Morgan fingerprint density at radius 2 is 2.35 bits per heavy atom. The number of nitro benzene ring substituents is 1. The van der Waals surface area contributed by atoms with Gasteiger partial charge in [-0.25, -0.2) is 4.98 Å². The molecule has 1 heterocycles. The lowest BCUT2D eigenvalue weighted by Gasteiger charge is -1.99. The number of ether oxygens (including phenoxy) is 1. The normalized spacial score (nSPS) is 10.6. The zero-order chi connectivity index (χ0) is 14.4. The van der Waals surface area contributed by atoms with E-state index in [2.05, 4.69) is 9.97 Å². The first-order valence-electron chi connectivity index (χ1n) is 5.92. The Morgan fingerprint density at radius 3 is 3.10 bits per heavy atom. The van der Waals surface area contributed by atoms with Crippen LogP contribution in [-0.4, -0.2) is 33.9 Å². The van der Waals surface area contributed by atoms with Gasteiger partial charge in [0.2, 0.25) is 0 Å². The highest BCUT2D eigenvalue weighted by Crippen LogP contribution is 2.22. The largest absolute Gasteiger partial charge is 0.380 e. The van der Waals surface area contributed by atoms with Gasteiger partial charge in [-0.3, -0.25) is 10.1 Å². The zero-order valence-corrected chi connectivity index (χ0v) is 11.4. The van der Waals surface area contributed by atoms with Crippen LogP contribution >= 0.6 is 11.8 Å². The number of aromatic amines is 1. The third-order valence-electron chi connectivity index (χ3n) is 2.48. The molecule has 0 amide bonds. The molecule has 0 aliphatic heterocycles. The number of fused-ring (bicyclic) bond motifs is 1. The second kappa shape index (κ2) is 6.88. The summed E-state index contributed by atoms with van der Waals surface area (Å²) in [6.45, 7) is 0.965. The maximum Gasteiger partial charge on any atom is 0.271 e. The predicted octanol–water partition coefficient (Wildman–Crippen LogP) is 2.49. The number of hydrogen-bond acceptors (Lipinski definition) is 6. The summed E-state index contributed by atoms with van der Waals surface area (Å²) in [4.78, 5) is 17.6. The number of hydrogen-bond donors (Lipinski definition) is 1. The second-order valence-corrected chi connectivity index (χ2v) is 4.95. The maximum absolute atomic E-state index is 10.7. The first kappa shape index (κ1) is 14.3. The van der Waals surface area contributed by atoms with E-state index in [1.54, 1.807) is 6.07 Å². The lowest BCUT2D eigenvalue weighted by molar-refractivity contribution is -0.384. The van der Waals surface area contributed by atoms with Crippen LogP contribution in [0.3, 0.4) is 0 Å². The number of aromatic nitrogens is 2. The molecule has 0 radical (unpaired) electrons. The quantitative estimate of drug-likeness (QED) is 0.364. The molecule has 8 heteroatoms. The minimum absolute atomic E-state index is 0.0394. The highest BCUT2D eigenvalue weighted by Gasteiger charge is 2.09. The second-order valence-electron chi connectivity index (χ2n) is 3.87. The number of H-pyrrole nitrogens is 1. The van der Waals surface area contributed by atoms with Crippen molar-refractivity contribution in [1.29, 1.82) is 5.26 Å². The Kier molecular flexibility index (Phi) is 4.92. The van der Waals surface area contributed by atoms with Crippen molar-refractivity contribution in [1.82, 2.24) is 9.97 Å². The van der Waals surface area contributed by atoms with Gasteiger partial charge in [0.25, 0.3) is 5.69 Å². The van der Waals surface area contributed by atoms with Crippen molar-refractivity contribution >= 4 is 28.5 Å². The van der Waals surface area contributed by atoms with E-state index >= 15 is 0 Å². The fraction of sp³-hybridized carbons (Fsp3) is 0.333. The average Bonchev–Trinajstić information content (AvgIpc) is 2.84. The lowest BCUT2D eigenvalue weighted by atomic mass is 10.3. The van der Waals surface area contributed by atoms with E-state index in [-0.39, 0.29) is 5.69 Å². The number of benzene rings is 1. The van der Waals surface area contributed by atoms with Crippen LogP contribution in [-0.2, 0) is 4.74 Å². The van der Waals surface area contributed by atoms with Crippen LogP contribution in [0.4, 0.5) is 5.69 Å². The smallest absolute Gasteiger partial charge is 0.271 e. The van der Waals surface area contributed by atoms with E-state index in [9.17, 15) is 10.1 Å². The van der Waals surface area contributed by atoms with Crippen LogP contribution in [0, 0.1) is 21.4 Å². The molecule has 0 bridgehead atoms. The summed E-state index contributed by atoms with van der Waals surface area (Å²) in [5.74, 6) is 0.702. The fourth-order valence-electron chi connectivity index (χ4n) is 1.57. The molecule has 0 unspecified atom stereocenters. The van der Waals surface area contributed by atoms with Crippen LogP contribution < -0.4 is 0 Å². The zero-order valence-electron chi connectivity index (χ0n) is 10.5. The van der Waals surface area contributed by atoms with Crippen molar-refractivity contribution < 1.29 is 9.66 Å². The molecule has 0 aliphatic rings. The summed E-state index contributed by atoms with van der Waals surface area (Å²) in [6.07, 6.45) is 0.388. The highest BCUT2D eigenvalue weighted by molar-refractivity contribution is 7.99. The van der Waals surface area contributed by atoms with Crippen LogP contribution in [0.5, 0.6) is 0 Å². The summed E-state index contributed by atoms with van der Waals surface area (Å²) in [6, 6.07) is 6.53. The first-order valence-corrected chi connectivity index (χ1v) is 6.91. The molecule has 0 saturated carbocycles. The number of non-ortho nitro benzene ring substituents is 1. The van der Waals surface area contributed by atoms with Crippen molar-refractivity contribution in [3.05, 3.63) is 28.3 Å². The Bertz CT molecular complexity index is 650. The van der Waals surface area contributed by atoms with Crippen molar-refractivity contribution in [3.63, 3.8) is 0 Å². The maximum atomic E-state index is 10.7. The van der Waals surface area contributed by atoms with Crippen molar-refractivity contribution in [2.45, 2.75) is 11.6 Å². The summed E-state index contributed by atoms with van der Waals surface area (Å²) >= 11 is 1.47. The van der Waals surface area contributed by atoms with E-state index in [1.807, 2.05) is 6.07 Å². The van der Waals surface area contributed by atoms with Gasteiger partial charge >= 0.3 is 0 Å². The topological polar surface area (TPSA) is 105 Å². The minimum Gasteiger partial charge on any atom is -0.380 e. The van der Waals surface area contributed by atoms with Crippen LogP contribution in [0.2, 0.25) is 0 Å². The number of rotatable bonds is 7. The van der Waals surface area contributed by atoms with Crippen LogP contribution in [0.1, 0.15) is 6.42 Å². The Hall–Kier alpha value is -2.11. The molecule has 1 aromatic heterocycles. The Morgan fingerprint density at radius 1 is 1.50 bits per heavy atom. The number of imidazole rings is 1. The van der Waals surface area contributed by atoms with Crippen molar-refractivity contribution in [3.8, 4) is 6.07 Å². The lowest BCUT2D eigenvalue weighted by Crippen LogP contribution is -1.98. The summed E-state index contributed by atoms with van der Waals surface area (Å²) < 4.78 is 5.25. The standard InChI is InChI=1S/C12H12N4O3S/c13-4-1-5-19-6-7-20-12-14-10-3-2-9(16(17)18)8-11(10)15-12/h2-3,8H,1,5-7H2,(H,14,15). The SMILES string of the molecule is N#CCCOCCSc1nc2ccc([N+](=O)[O-])cc2[nH]1. The monoisotopic (exact) mass is 292 g/mol. The molecule has 104 valence electrons. The molecular formula is C12H12N4O3S. The Balaban J connectivity index is 1.91. The molecule has 2 rings (SSSR count). The number of nitrogens with one attached hydrogen (secondary N) is 1. The van der Waals surface area contributed by atoms with E-state index in [4.69, 9.17) is 10.00 Å². The van der Waals surface area contributed by atoms with Gasteiger partial charge in [0, 0.05) is 17.9 Å². The molecule has 20 heavy (non-hydrogen) atoms. The highest BCUT2D eigenvalue weighted by atomic mass is 32.2. The molecular weight excluding hydrogens is 280 g/mol. The van der Waals surface area contributed by atoms with Crippen LogP contribution in [0.15, 0.2) is 23.4 Å². The van der Waals surface area contributed by atoms with E-state index in [1.165, 1.54) is 23.9 Å². The Labute approximate surface area is 119 Å². The molecule has 7 nitrogen and oxygen atoms in total. The molecule has 0 fully saturated rings. The van der Waals surface area contributed by atoms with Gasteiger partial charge in [0.1, 0.15) is 0 Å². The third-order valence-corrected chi connectivity index (χ3v) is 3.32. The molecule has 0 saturated heterocycles. The molecule has 0 atom stereocenters. The summed E-state index contributed by atoms with van der Waals surface area (Å²) in [5.41, 5.74) is 1.38. The van der Waals surface area contributed by atoms with Crippen molar-refractivity contribution in [2.24, 2.45) is 0 Å². The van der Waals surface area contributed by atoms with Gasteiger partial charge in [0.15, 0.2) is 5.16 Å². The first-order chi connectivity index (χ1) is 9.70. The van der Waals surface area contributed by atoms with E-state index < -0.39 is 4.92 Å². The third kappa shape index (κ3) is 3.69. The van der Waals surface area contributed by atoms with Crippen molar-refractivity contribution in [2.75, 3.05) is 19.0 Å². The van der Waals surface area contributed by atoms with E-state index in [0.29, 0.717) is 41.6 Å². The number of nitrogens with zero attached hydrogens (tertiary/aromatic N) is 3. The number of nitriles is 1. The molecule has 0 aliphatic carbocycles. The number of thioether (sulfide) groups is 1. The molecule has 0 spiro atoms. The van der Waals surface area contributed by atoms with Gasteiger partial charge in [-0.15, -0.1) is 0 Å². The molecule has 1 N–H and O–H groups in total. The molecule has 1 aromatic carbocycles. The fourth-order valence-corrected chi connectivity index (χ4v) is 2.31.